The first-order chi connectivity index (χ1) is 12.5. The molecule has 0 N–H and O–H groups in total. The van der Waals surface area contributed by atoms with Crippen molar-refractivity contribution in [1.29, 1.82) is 0 Å². The Morgan fingerprint density at radius 2 is 2.19 bits per heavy atom. The van der Waals surface area contributed by atoms with E-state index >= 15 is 0 Å². The molecule has 2 heterocycles. The lowest BCUT2D eigenvalue weighted by atomic mass is 9.69. The molecular formula is C22H24ClN2S. The molecule has 1 atom stereocenters. The zero-order chi connectivity index (χ0) is 18.3. The van der Waals surface area contributed by atoms with E-state index in [1.165, 1.54) is 29.8 Å². The molecule has 0 fully saturated rings. The van der Waals surface area contributed by atoms with E-state index in [9.17, 15) is 0 Å². The van der Waals surface area contributed by atoms with Crippen molar-refractivity contribution < 1.29 is 0 Å². The fourth-order valence-corrected chi connectivity index (χ4v) is 4.87. The number of halogens is 1. The van der Waals surface area contributed by atoms with Gasteiger partial charge in [0.25, 0.3) is 0 Å². The quantitative estimate of drug-likeness (QED) is 0.496. The maximum absolute atomic E-state index is 6.27. The fraction of sp³-hybridized carbons (Fsp3) is 0.409. The third kappa shape index (κ3) is 3.12. The van der Waals surface area contributed by atoms with Crippen LogP contribution in [-0.4, -0.2) is 9.55 Å². The number of hydrogen-bond acceptors (Lipinski definition) is 2. The topological polar surface area (TPSA) is 17.8 Å². The van der Waals surface area contributed by atoms with Crippen LogP contribution in [0, 0.1) is 17.5 Å². The number of benzene rings is 1. The summed E-state index contributed by atoms with van der Waals surface area (Å²) in [5, 5.41) is 3.69. The standard InChI is InChI=1S/C22H24ClN2S/c1-4-22(2,3)17-8-9-19-16(12-17)14-20(15-6-5-7-18(23)13-15)25(19)21-24-10-11-26-21/h5-7,11,13-14,17H,4,8-9,12H2,1-3H3. The molecule has 1 aliphatic carbocycles. The van der Waals surface area contributed by atoms with Crippen molar-refractivity contribution in [2.75, 3.05) is 0 Å². The zero-order valence-corrected chi connectivity index (χ0v) is 17.1. The summed E-state index contributed by atoms with van der Waals surface area (Å²) in [5.74, 6) is 0.728. The SMILES string of the molecule is CCC(C)(C)C1CCc2c(cc(-c3cccc(Cl)c3)n2-c2n[c]cs2)C1. The van der Waals surface area contributed by atoms with Crippen LogP contribution in [0.4, 0.5) is 0 Å². The molecule has 2 nitrogen and oxygen atoms in total. The summed E-state index contributed by atoms with van der Waals surface area (Å²) in [5.41, 5.74) is 5.59. The Morgan fingerprint density at radius 1 is 1.35 bits per heavy atom. The molecule has 135 valence electrons. The molecule has 1 aromatic carbocycles. The molecule has 26 heavy (non-hydrogen) atoms. The number of nitrogens with zero attached hydrogens (tertiary/aromatic N) is 2. The Morgan fingerprint density at radius 3 is 2.88 bits per heavy atom. The summed E-state index contributed by atoms with van der Waals surface area (Å²) < 4.78 is 2.33. The average molecular weight is 384 g/mol. The molecule has 0 spiro atoms. The first kappa shape index (κ1) is 17.8. The van der Waals surface area contributed by atoms with Crippen LogP contribution in [0.25, 0.3) is 16.4 Å². The average Bonchev–Trinajstić information content (AvgIpc) is 3.28. The molecule has 0 aliphatic heterocycles. The Balaban J connectivity index is 1.84. The Bertz CT molecular complexity index is 908. The number of aromatic nitrogens is 2. The van der Waals surface area contributed by atoms with Gasteiger partial charge in [-0.15, -0.1) is 11.3 Å². The Labute approximate surface area is 164 Å². The van der Waals surface area contributed by atoms with E-state index in [2.05, 4.69) is 48.7 Å². The maximum atomic E-state index is 6.27. The van der Waals surface area contributed by atoms with Crippen molar-refractivity contribution in [3.8, 4) is 16.4 Å². The first-order valence-electron chi connectivity index (χ1n) is 9.31. The van der Waals surface area contributed by atoms with E-state index in [4.69, 9.17) is 11.6 Å². The van der Waals surface area contributed by atoms with Crippen LogP contribution in [0.2, 0.25) is 5.02 Å². The first-order valence-corrected chi connectivity index (χ1v) is 10.6. The normalized spacial score (nSPS) is 17.3. The third-order valence-electron chi connectivity index (χ3n) is 6.09. The van der Waals surface area contributed by atoms with E-state index in [0.717, 1.165) is 34.5 Å². The molecule has 4 heteroatoms. The molecule has 2 aromatic heterocycles. The fourth-order valence-electron chi connectivity index (χ4n) is 4.05. The predicted octanol–water partition coefficient (Wildman–Crippen LogP) is 6.60. The zero-order valence-electron chi connectivity index (χ0n) is 15.6. The number of rotatable bonds is 4. The van der Waals surface area contributed by atoms with E-state index in [1.807, 2.05) is 23.6 Å². The molecule has 0 saturated carbocycles. The highest BCUT2D eigenvalue weighted by molar-refractivity contribution is 7.12. The van der Waals surface area contributed by atoms with Gasteiger partial charge in [0, 0.05) is 21.7 Å². The minimum Gasteiger partial charge on any atom is -0.289 e. The van der Waals surface area contributed by atoms with Gasteiger partial charge in [-0.2, -0.15) is 0 Å². The van der Waals surface area contributed by atoms with Crippen molar-refractivity contribution in [1.82, 2.24) is 9.55 Å². The van der Waals surface area contributed by atoms with Crippen molar-refractivity contribution >= 4 is 22.9 Å². The van der Waals surface area contributed by atoms with Crippen LogP contribution >= 0.6 is 22.9 Å². The van der Waals surface area contributed by atoms with Gasteiger partial charge in [-0.05, 0) is 54.4 Å². The minimum absolute atomic E-state index is 0.380. The lowest BCUT2D eigenvalue weighted by Crippen LogP contribution is -2.29. The predicted molar refractivity (Wildman–Crippen MR) is 110 cm³/mol. The second kappa shape index (κ2) is 6.86. The van der Waals surface area contributed by atoms with Gasteiger partial charge < -0.3 is 0 Å². The van der Waals surface area contributed by atoms with E-state index in [-0.39, 0.29) is 0 Å². The van der Waals surface area contributed by atoms with E-state index < -0.39 is 0 Å². The Hall–Kier alpha value is -1.58. The van der Waals surface area contributed by atoms with E-state index in [0.29, 0.717) is 5.41 Å². The number of thiazole rings is 1. The van der Waals surface area contributed by atoms with Crippen molar-refractivity contribution in [2.24, 2.45) is 11.3 Å². The minimum atomic E-state index is 0.380. The highest BCUT2D eigenvalue weighted by Crippen LogP contribution is 2.43. The van der Waals surface area contributed by atoms with Crippen molar-refractivity contribution in [3.05, 3.63) is 58.2 Å². The lowest BCUT2D eigenvalue weighted by Gasteiger charge is -2.36. The molecule has 1 aliphatic rings. The van der Waals surface area contributed by atoms with Crippen LogP contribution in [0.5, 0.6) is 0 Å². The van der Waals surface area contributed by atoms with Crippen molar-refractivity contribution in [3.63, 3.8) is 0 Å². The van der Waals surface area contributed by atoms with Crippen LogP contribution in [-0.2, 0) is 12.8 Å². The molecular weight excluding hydrogens is 360 g/mol. The summed E-state index contributed by atoms with van der Waals surface area (Å²) >= 11 is 7.91. The molecule has 1 radical (unpaired) electrons. The van der Waals surface area contributed by atoms with Gasteiger partial charge in [0.05, 0.1) is 5.69 Å². The smallest absolute Gasteiger partial charge is 0.194 e. The largest absolute Gasteiger partial charge is 0.289 e. The van der Waals surface area contributed by atoms with Crippen LogP contribution in [0.15, 0.2) is 35.7 Å². The van der Waals surface area contributed by atoms with Gasteiger partial charge in [-0.1, -0.05) is 50.9 Å². The number of fused-ring (bicyclic) bond motifs is 1. The van der Waals surface area contributed by atoms with Crippen LogP contribution < -0.4 is 0 Å². The second-order valence-electron chi connectivity index (χ2n) is 7.89. The Kier molecular flexibility index (Phi) is 4.70. The van der Waals surface area contributed by atoms with Crippen LogP contribution in [0.3, 0.4) is 0 Å². The number of hydrogen-bond donors (Lipinski definition) is 0. The van der Waals surface area contributed by atoms with Gasteiger partial charge in [0.2, 0.25) is 0 Å². The molecule has 0 saturated heterocycles. The van der Waals surface area contributed by atoms with Crippen molar-refractivity contribution in [2.45, 2.75) is 46.5 Å². The van der Waals surface area contributed by atoms with Gasteiger partial charge in [0.15, 0.2) is 5.13 Å². The van der Waals surface area contributed by atoms with Gasteiger partial charge in [-0.3, -0.25) is 4.57 Å². The van der Waals surface area contributed by atoms with Gasteiger partial charge in [0.1, 0.15) is 6.20 Å². The molecule has 3 aromatic rings. The second-order valence-corrected chi connectivity index (χ2v) is 9.16. The van der Waals surface area contributed by atoms with Crippen LogP contribution in [0.1, 0.15) is 44.9 Å². The monoisotopic (exact) mass is 383 g/mol. The molecule has 4 rings (SSSR count). The molecule has 0 amide bonds. The summed E-state index contributed by atoms with van der Waals surface area (Å²) in [6, 6.07) is 10.5. The summed E-state index contributed by atoms with van der Waals surface area (Å²) in [7, 11) is 0. The van der Waals surface area contributed by atoms with Gasteiger partial charge in [-0.25, -0.2) is 4.98 Å². The molecule has 0 bridgehead atoms. The van der Waals surface area contributed by atoms with E-state index in [1.54, 1.807) is 11.3 Å². The maximum Gasteiger partial charge on any atom is 0.194 e. The summed E-state index contributed by atoms with van der Waals surface area (Å²) in [6.07, 6.45) is 7.68. The summed E-state index contributed by atoms with van der Waals surface area (Å²) in [4.78, 5) is 4.48. The lowest BCUT2D eigenvalue weighted by molar-refractivity contribution is 0.182. The highest BCUT2D eigenvalue weighted by atomic mass is 35.5. The summed E-state index contributed by atoms with van der Waals surface area (Å²) in [6.45, 7) is 7.13. The third-order valence-corrected chi connectivity index (χ3v) is 7.04. The highest BCUT2D eigenvalue weighted by Gasteiger charge is 2.33. The van der Waals surface area contributed by atoms with Gasteiger partial charge >= 0.3 is 0 Å². The molecule has 1 unspecified atom stereocenters.